The largest absolute Gasteiger partial charge is 0.490 e. The highest BCUT2D eigenvalue weighted by Gasteiger charge is 2.19. The fourth-order valence-corrected chi connectivity index (χ4v) is 4.84. The third kappa shape index (κ3) is 4.01. The molecule has 0 amide bonds. The Morgan fingerprint density at radius 1 is 1.15 bits per heavy atom. The van der Waals surface area contributed by atoms with Crippen molar-refractivity contribution in [3.8, 4) is 16.9 Å². The second-order valence-electron chi connectivity index (χ2n) is 8.10. The van der Waals surface area contributed by atoms with Crippen molar-refractivity contribution in [2.75, 3.05) is 18.5 Å². The first-order chi connectivity index (χ1) is 16.2. The summed E-state index contributed by atoms with van der Waals surface area (Å²) in [5, 5.41) is 8.61. The van der Waals surface area contributed by atoms with Gasteiger partial charge in [-0.2, -0.15) is 5.10 Å². The van der Waals surface area contributed by atoms with Gasteiger partial charge in [-0.3, -0.25) is 4.68 Å². The number of ether oxygens (including phenoxy) is 2. The summed E-state index contributed by atoms with van der Waals surface area (Å²) in [5.74, 6) is 1.42. The van der Waals surface area contributed by atoms with E-state index in [1.54, 1.807) is 22.3 Å². The molecule has 33 heavy (non-hydrogen) atoms. The molecule has 2 aromatic carbocycles. The standard InChI is InChI=1S/C24H22N6O2S/c1-30-11-16(10-28-30)15-7-20-23(21(8-15)32-12-18-3-2-6-31-18)24(26-13-25-20)29-17-4-5-19-22(9-17)33-14-27-19/h4-5,7-11,13-14,18H,2-3,6,12H2,1H3,(H,25,26,29)/t18-/m1/s1. The molecule has 1 N–H and O–H groups in total. The molecule has 1 saturated heterocycles. The predicted octanol–water partition coefficient (Wildman–Crippen LogP) is 4.94. The first-order valence-corrected chi connectivity index (χ1v) is 11.7. The van der Waals surface area contributed by atoms with E-state index in [1.165, 1.54) is 0 Å². The number of nitrogens with one attached hydrogen (secondary N) is 1. The fraction of sp³-hybridized carbons (Fsp3) is 0.250. The smallest absolute Gasteiger partial charge is 0.145 e. The zero-order valence-electron chi connectivity index (χ0n) is 18.1. The van der Waals surface area contributed by atoms with E-state index in [2.05, 4.69) is 31.4 Å². The number of aromatic nitrogens is 5. The highest BCUT2D eigenvalue weighted by atomic mass is 32.1. The maximum absolute atomic E-state index is 6.33. The minimum absolute atomic E-state index is 0.108. The zero-order valence-corrected chi connectivity index (χ0v) is 18.9. The molecule has 0 spiro atoms. The maximum atomic E-state index is 6.33. The van der Waals surface area contributed by atoms with E-state index in [0.29, 0.717) is 12.4 Å². The summed E-state index contributed by atoms with van der Waals surface area (Å²) in [4.78, 5) is 13.5. The molecule has 0 bridgehead atoms. The Kier molecular flexibility index (Phi) is 5.12. The van der Waals surface area contributed by atoms with Gasteiger partial charge >= 0.3 is 0 Å². The molecule has 0 unspecified atom stereocenters. The number of rotatable bonds is 6. The lowest BCUT2D eigenvalue weighted by atomic mass is 10.1. The van der Waals surface area contributed by atoms with Crippen molar-refractivity contribution in [2.24, 2.45) is 7.05 Å². The molecular weight excluding hydrogens is 436 g/mol. The number of fused-ring (bicyclic) bond motifs is 2. The highest BCUT2D eigenvalue weighted by Crippen LogP contribution is 2.37. The lowest BCUT2D eigenvalue weighted by Crippen LogP contribution is -2.16. The molecule has 9 heteroatoms. The Hall–Kier alpha value is -3.56. The van der Waals surface area contributed by atoms with E-state index in [1.807, 2.05) is 49.2 Å². The number of hydrogen-bond donors (Lipinski definition) is 1. The van der Waals surface area contributed by atoms with E-state index in [4.69, 9.17) is 9.47 Å². The van der Waals surface area contributed by atoms with Crippen LogP contribution in [-0.4, -0.2) is 44.1 Å². The summed E-state index contributed by atoms with van der Waals surface area (Å²) in [6.07, 6.45) is 7.59. The molecule has 5 aromatic rings. The van der Waals surface area contributed by atoms with Gasteiger partial charge in [0, 0.05) is 31.1 Å². The molecular formula is C24H22N6O2S. The number of hydrogen-bond acceptors (Lipinski definition) is 8. The van der Waals surface area contributed by atoms with Gasteiger partial charge in [-0.1, -0.05) is 0 Å². The van der Waals surface area contributed by atoms with Crippen LogP contribution in [0, 0.1) is 0 Å². The maximum Gasteiger partial charge on any atom is 0.145 e. The first kappa shape index (κ1) is 20.1. The highest BCUT2D eigenvalue weighted by molar-refractivity contribution is 7.16. The predicted molar refractivity (Wildman–Crippen MR) is 129 cm³/mol. The summed E-state index contributed by atoms with van der Waals surface area (Å²) in [5.41, 5.74) is 6.58. The van der Waals surface area contributed by atoms with Crippen LogP contribution in [0.15, 0.2) is 54.6 Å². The summed E-state index contributed by atoms with van der Waals surface area (Å²) in [6, 6.07) is 10.2. The van der Waals surface area contributed by atoms with Crippen molar-refractivity contribution in [3.63, 3.8) is 0 Å². The Morgan fingerprint density at radius 3 is 2.97 bits per heavy atom. The molecule has 1 atom stereocenters. The quantitative estimate of drug-likeness (QED) is 0.386. The van der Waals surface area contributed by atoms with E-state index < -0.39 is 0 Å². The number of thiazole rings is 1. The monoisotopic (exact) mass is 458 g/mol. The Morgan fingerprint density at radius 2 is 2.12 bits per heavy atom. The number of nitrogens with zero attached hydrogens (tertiary/aromatic N) is 5. The lowest BCUT2D eigenvalue weighted by molar-refractivity contribution is 0.0685. The Bertz CT molecular complexity index is 1440. The third-order valence-corrected chi connectivity index (χ3v) is 6.57. The second kappa shape index (κ2) is 8.42. The van der Waals surface area contributed by atoms with Crippen molar-refractivity contribution in [2.45, 2.75) is 18.9 Å². The van der Waals surface area contributed by atoms with Gasteiger partial charge in [0.15, 0.2) is 0 Å². The van der Waals surface area contributed by atoms with Crippen molar-refractivity contribution in [1.82, 2.24) is 24.7 Å². The van der Waals surface area contributed by atoms with Gasteiger partial charge in [-0.05, 0) is 48.7 Å². The van der Waals surface area contributed by atoms with Crippen LogP contribution in [0.25, 0.3) is 32.2 Å². The summed E-state index contributed by atoms with van der Waals surface area (Å²) >= 11 is 1.61. The normalized spacial score (nSPS) is 16.0. The van der Waals surface area contributed by atoms with Gasteiger partial charge in [0.2, 0.25) is 0 Å². The first-order valence-electron chi connectivity index (χ1n) is 10.9. The molecule has 166 valence electrons. The van der Waals surface area contributed by atoms with Gasteiger partial charge in [0.25, 0.3) is 0 Å². The molecule has 1 fully saturated rings. The van der Waals surface area contributed by atoms with E-state index in [9.17, 15) is 0 Å². The van der Waals surface area contributed by atoms with Crippen molar-refractivity contribution >= 4 is 44.0 Å². The molecule has 0 aliphatic carbocycles. The van der Waals surface area contributed by atoms with Gasteiger partial charge in [-0.15, -0.1) is 11.3 Å². The van der Waals surface area contributed by atoms with Crippen molar-refractivity contribution in [3.05, 3.63) is 54.6 Å². The fourth-order valence-electron chi connectivity index (χ4n) is 4.13. The topological polar surface area (TPSA) is 87.0 Å². The van der Waals surface area contributed by atoms with Gasteiger partial charge in [-0.25, -0.2) is 15.0 Å². The molecule has 6 rings (SSSR count). The van der Waals surface area contributed by atoms with Crippen LogP contribution >= 0.6 is 11.3 Å². The summed E-state index contributed by atoms with van der Waals surface area (Å²) in [6.45, 7) is 1.28. The molecule has 0 radical (unpaired) electrons. The van der Waals surface area contributed by atoms with E-state index in [-0.39, 0.29) is 6.10 Å². The van der Waals surface area contributed by atoms with Crippen LogP contribution in [0.1, 0.15) is 12.8 Å². The Balaban J connectivity index is 1.43. The number of aryl methyl sites for hydroxylation is 1. The zero-order chi connectivity index (χ0) is 22.2. The molecule has 8 nitrogen and oxygen atoms in total. The summed E-state index contributed by atoms with van der Waals surface area (Å²) < 4.78 is 15.0. The minimum atomic E-state index is 0.108. The van der Waals surface area contributed by atoms with Crippen LogP contribution in [0.4, 0.5) is 11.5 Å². The SMILES string of the molecule is Cn1cc(-c2cc(OC[C@H]3CCCO3)c3c(Nc4ccc5ncsc5c4)ncnc3c2)cn1. The number of anilines is 2. The van der Waals surface area contributed by atoms with Gasteiger partial charge < -0.3 is 14.8 Å². The second-order valence-corrected chi connectivity index (χ2v) is 8.99. The van der Waals surface area contributed by atoms with Crippen molar-refractivity contribution < 1.29 is 9.47 Å². The van der Waals surface area contributed by atoms with Crippen molar-refractivity contribution in [1.29, 1.82) is 0 Å². The molecule has 0 saturated carbocycles. The molecule has 1 aliphatic heterocycles. The van der Waals surface area contributed by atoms with Crippen LogP contribution < -0.4 is 10.1 Å². The average Bonchev–Trinajstić information content (AvgIpc) is 3.59. The van der Waals surface area contributed by atoms with Gasteiger partial charge in [0.1, 0.15) is 24.5 Å². The lowest BCUT2D eigenvalue weighted by Gasteiger charge is -2.16. The van der Waals surface area contributed by atoms with Gasteiger partial charge in [0.05, 0.1) is 38.9 Å². The summed E-state index contributed by atoms with van der Waals surface area (Å²) in [7, 11) is 1.91. The Labute approximate surface area is 194 Å². The average molecular weight is 459 g/mol. The van der Waals surface area contributed by atoms with Crippen LogP contribution in [0.2, 0.25) is 0 Å². The minimum Gasteiger partial charge on any atom is -0.490 e. The third-order valence-electron chi connectivity index (χ3n) is 5.78. The number of benzene rings is 2. The van der Waals surface area contributed by atoms with Crippen LogP contribution in [0.3, 0.4) is 0 Å². The molecule has 1 aliphatic rings. The molecule has 3 aromatic heterocycles. The van der Waals surface area contributed by atoms with Crippen LogP contribution in [-0.2, 0) is 11.8 Å². The van der Waals surface area contributed by atoms with Crippen LogP contribution in [0.5, 0.6) is 5.75 Å². The van der Waals surface area contributed by atoms with E-state index in [0.717, 1.165) is 63.1 Å². The van der Waals surface area contributed by atoms with E-state index >= 15 is 0 Å². The molecule has 4 heterocycles.